The molecule has 0 aromatic heterocycles. The summed E-state index contributed by atoms with van der Waals surface area (Å²) in [7, 11) is 0. The van der Waals surface area contributed by atoms with E-state index >= 15 is 0 Å². The highest BCUT2D eigenvalue weighted by Gasteiger charge is 2.30. The summed E-state index contributed by atoms with van der Waals surface area (Å²) >= 11 is 0. The van der Waals surface area contributed by atoms with Crippen molar-refractivity contribution in [1.29, 1.82) is 0 Å². The molecule has 0 bridgehead atoms. The van der Waals surface area contributed by atoms with Crippen LogP contribution in [0.5, 0.6) is 0 Å². The fraction of sp³-hybridized carbons (Fsp3) is 0.286. The summed E-state index contributed by atoms with van der Waals surface area (Å²) < 4.78 is 0. The number of hydrogen-bond donors (Lipinski definition) is 2. The number of hydrogen-bond acceptors (Lipinski definition) is 3. The zero-order chi connectivity index (χ0) is 19.2. The molecule has 1 saturated heterocycles. The van der Waals surface area contributed by atoms with Crippen LogP contribution in [0.2, 0.25) is 0 Å². The van der Waals surface area contributed by atoms with E-state index in [2.05, 4.69) is 5.32 Å². The average Bonchev–Trinajstić information content (AvgIpc) is 2.69. The van der Waals surface area contributed by atoms with Gasteiger partial charge in [0.2, 0.25) is 11.8 Å². The summed E-state index contributed by atoms with van der Waals surface area (Å²) in [6.07, 6.45) is 2.22. The molecule has 1 fully saturated rings. The minimum atomic E-state index is -0.974. The highest BCUT2D eigenvalue weighted by atomic mass is 16.4. The van der Waals surface area contributed by atoms with Gasteiger partial charge in [-0.25, -0.2) is 4.79 Å². The number of nitrogens with one attached hydrogen (secondary N) is 1. The van der Waals surface area contributed by atoms with Gasteiger partial charge in [-0.05, 0) is 49.1 Å². The first-order chi connectivity index (χ1) is 13.0. The first kappa shape index (κ1) is 18.6. The van der Waals surface area contributed by atoms with Crippen LogP contribution < -0.4 is 10.2 Å². The summed E-state index contributed by atoms with van der Waals surface area (Å²) in [5.41, 5.74) is 1.95. The molecule has 0 saturated carbocycles. The van der Waals surface area contributed by atoms with E-state index in [0.717, 1.165) is 17.7 Å². The Labute approximate surface area is 157 Å². The monoisotopic (exact) mass is 366 g/mol. The van der Waals surface area contributed by atoms with Gasteiger partial charge in [0, 0.05) is 18.7 Å². The molecule has 3 rings (SSSR count). The van der Waals surface area contributed by atoms with Gasteiger partial charge in [0.05, 0.1) is 5.56 Å². The number of piperidine rings is 1. The second kappa shape index (κ2) is 8.49. The topological polar surface area (TPSA) is 86.7 Å². The van der Waals surface area contributed by atoms with Gasteiger partial charge in [-0.2, -0.15) is 0 Å². The van der Waals surface area contributed by atoms with Gasteiger partial charge >= 0.3 is 5.97 Å². The number of carbonyl (C=O) groups is 3. The quantitative estimate of drug-likeness (QED) is 0.823. The minimum absolute atomic E-state index is 0.0772. The number of carboxylic acids is 1. The second-order valence-corrected chi connectivity index (χ2v) is 6.59. The SMILES string of the molecule is O=C(CCc1ccc(C(=O)O)cc1)NC1CCCN(c2ccccc2)C1=O. The Morgan fingerprint density at radius 2 is 1.78 bits per heavy atom. The summed E-state index contributed by atoms with van der Waals surface area (Å²) in [5, 5.41) is 11.7. The third-order valence-electron chi connectivity index (χ3n) is 4.68. The molecule has 1 atom stereocenters. The van der Waals surface area contributed by atoms with Gasteiger partial charge in [0.1, 0.15) is 6.04 Å². The number of nitrogens with zero attached hydrogens (tertiary/aromatic N) is 1. The first-order valence-electron chi connectivity index (χ1n) is 9.02. The van der Waals surface area contributed by atoms with Gasteiger partial charge in [-0.3, -0.25) is 9.59 Å². The lowest BCUT2D eigenvalue weighted by Crippen LogP contribution is -2.52. The summed E-state index contributed by atoms with van der Waals surface area (Å²) in [6, 6.07) is 15.4. The minimum Gasteiger partial charge on any atom is -0.478 e. The van der Waals surface area contributed by atoms with Crippen molar-refractivity contribution in [3.8, 4) is 0 Å². The standard InChI is InChI=1S/C21H22N2O4/c24-19(13-10-15-8-11-16(12-9-15)21(26)27)22-18-7-4-14-23(20(18)25)17-5-2-1-3-6-17/h1-3,5-6,8-9,11-12,18H,4,7,10,13-14H2,(H,22,24)(H,26,27). The van der Waals surface area contributed by atoms with Crippen LogP contribution in [0.15, 0.2) is 54.6 Å². The van der Waals surface area contributed by atoms with Crippen LogP contribution in [0.4, 0.5) is 5.69 Å². The maximum absolute atomic E-state index is 12.7. The molecule has 2 aromatic rings. The van der Waals surface area contributed by atoms with E-state index in [0.29, 0.717) is 19.4 Å². The molecule has 6 nitrogen and oxygen atoms in total. The molecular weight excluding hydrogens is 344 g/mol. The molecule has 1 aliphatic heterocycles. The molecule has 27 heavy (non-hydrogen) atoms. The first-order valence-corrected chi connectivity index (χ1v) is 9.02. The Morgan fingerprint density at radius 1 is 1.07 bits per heavy atom. The zero-order valence-electron chi connectivity index (χ0n) is 14.9. The van der Waals surface area contributed by atoms with Crippen LogP contribution >= 0.6 is 0 Å². The molecule has 140 valence electrons. The van der Waals surface area contributed by atoms with E-state index in [9.17, 15) is 14.4 Å². The number of para-hydroxylation sites is 1. The number of carbonyl (C=O) groups excluding carboxylic acids is 2. The Hall–Kier alpha value is -3.15. The van der Waals surface area contributed by atoms with Gasteiger partial charge in [0.25, 0.3) is 0 Å². The number of amides is 2. The lowest BCUT2D eigenvalue weighted by Gasteiger charge is -2.32. The molecule has 2 amide bonds. The number of rotatable bonds is 6. The fourth-order valence-corrected chi connectivity index (χ4v) is 3.21. The molecule has 6 heteroatoms. The third-order valence-corrected chi connectivity index (χ3v) is 4.68. The number of aromatic carboxylic acids is 1. The molecule has 1 heterocycles. The molecular formula is C21H22N2O4. The van der Waals surface area contributed by atoms with E-state index in [-0.39, 0.29) is 23.8 Å². The van der Waals surface area contributed by atoms with Gasteiger partial charge in [0.15, 0.2) is 0 Å². The Bertz CT molecular complexity index is 818. The molecule has 1 unspecified atom stereocenters. The molecule has 0 spiro atoms. The zero-order valence-corrected chi connectivity index (χ0v) is 14.9. The second-order valence-electron chi connectivity index (χ2n) is 6.59. The highest BCUT2D eigenvalue weighted by Crippen LogP contribution is 2.20. The largest absolute Gasteiger partial charge is 0.478 e. The van der Waals surface area contributed by atoms with Crippen molar-refractivity contribution in [3.63, 3.8) is 0 Å². The van der Waals surface area contributed by atoms with E-state index in [1.807, 2.05) is 30.3 Å². The smallest absolute Gasteiger partial charge is 0.335 e. The lowest BCUT2D eigenvalue weighted by molar-refractivity contribution is -0.128. The van der Waals surface area contributed by atoms with E-state index < -0.39 is 12.0 Å². The Morgan fingerprint density at radius 3 is 2.44 bits per heavy atom. The molecule has 1 aliphatic rings. The van der Waals surface area contributed by atoms with Crippen molar-refractivity contribution in [2.45, 2.75) is 31.7 Å². The fourth-order valence-electron chi connectivity index (χ4n) is 3.21. The third kappa shape index (κ3) is 4.73. The number of benzene rings is 2. The normalized spacial score (nSPS) is 16.8. The van der Waals surface area contributed by atoms with Crippen molar-refractivity contribution >= 4 is 23.5 Å². The number of anilines is 1. The van der Waals surface area contributed by atoms with Gasteiger partial charge < -0.3 is 15.3 Å². The van der Waals surface area contributed by atoms with Crippen LogP contribution in [0, 0.1) is 0 Å². The molecule has 2 N–H and O–H groups in total. The van der Waals surface area contributed by atoms with Crippen LogP contribution in [0.3, 0.4) is 0 Å². The van der Waals surface area contributed by atoms with Crippen LogP contribution in [-0.2, 0) is 16.0 Å². The maximum atomic E-state index is 12.7. The highest BCUT2D eigenvalue weighted by molar-refractivity contribution is 5.99. The van der Waals surface area contributed by atoms with Crippen molar-refractivity contribution < 1.29 is 19.5 Å². The van der Waals surface area contributed by atoms with Crippen LogP contribution in [0.25, 0.3) is 0 Å². The van der Waals surface area contributed by atoms with Crippen LogP contribution in [0.1, 0.15) is 35.2 Å². The molecule has 2 aromatic carbocycles. The molecule has 0 aliphatic carbocycles. The van der Waals surface area contributed by atoms with Crippen molar-refractivity contribution in [2.24, 2.45) is 0 Å². The Kier molecular flexibility index (Phi) is 5.86. The van der Waals surface area contributed by atoms with Gasteiger partial charge in [-0.15, -0.1) is 0 Å². The summed E-state index contributed by atoms with van der Waals surface area (Å²) in [5.74, 6) is -1.23. The Balaban J connectivity index is 1.54. The van der Waals surface area contributed by atoms with Crippen molar-refractivity contribution in [1.82, 2.24) is 5.32 Å². The predicted molar refractivity (Wildman–Crippen MR) is 102 cm³/mol. The van der Waals surface area contributed by atoms with Crippen molar-refractivity contribution in [3.05, 3.63) is 65.7 Å². The number of carboxylic acid groups (broad SMARTS) is 1. The molecule has 0 radical (unpaired) electrons. The van der Waals surface area contributed by atoms with Crippen molar-refractivity contribution in [2.75, 3.05) is 11.4 Å². The van der Waals surface area contributed by atoms with Gasteiger partial charge in [-0.1, -0.05) is 30.3 Å². The predicted octanol–water partition coefficient (Wildman–Crippen LogP) is 2.63. The number of aryl methyl sites for hydroxylation is 1. The van der Waals surface area contributed by atoms with E-state index in [4.69, 9.17) is 5.11 Å². The van der Waals surface area contributed by atoms with E-state index in [1.54, 1.807) is 17.0 Å². The maximum Gasteiger partial charge on any atom is 0.335 e. The van der Waals surface area contributed by atoms with Crippen LogP contribution in [-0.4, -0.2) is 35.5 Å². The van der Waals surface area contributed by atoms with E-state index in [1.165, 1.54) is 12.1 Å². The lowest BCUT2D eigenvalue weighted by atomic mass is 10.0. The summed E-state index contributed by atoms with van der Waals surface area (Å²) in [6.45, 7) is 0.658. The average molecular weight is 366 g/mol. The summed E-state index contributed by atoms with van der Waals surface area (Å²) in [4.78, 5) is 37.5.